The molecule has 1 aromatic carbocycles. The van der Waals surface area contributed by atoms with Gasteiger partial charge in [0.2, 0.25) is 0 Å². The van der Waals surface area contributed by atoms with Crippen LogP contribution in [0.25, 0.3) is 0 Å². The third kappa shape index (κ3) is 2.22. The van der Waals surface area contributed by atoms with Gasteiger partial charge in [-0.3, -0.25) is 4.90 Å². The van der Waals surface area contributed by atoms with E-state index in [0.29, 0.717) is 6.04 Å². The van der Waals surface area contributed by atoms with Crippen molar-refractivity contribution in [2.45, 2.75) is 32.2 Å². The van der Waals surface area contributed by atoms with Crippen LogP contribution in [0.1, 0.15) is 37.8 Å². The van der Waals surface area contributed by atoms with E-state index in [0.717, 1.165) is 12.3 Å². The Bertz CT molecular complexity index is 337. The van der Waals surface area contributed by atoms with Crippen molar-refractivity contribution in [3.05, 3.63) is 29.8 Å². The summed E-state index contributed by atoms with van der Waals surface area (Å²) in [5.74, 6) is 1.04. The smallest absolute Gasteiger partial charge is 0.123 e. The van der Waals surface area contributed by atoms with Crippen LogP contribution in [0.4, 0.5) is 0 Å². The van der Waals surface area contributed by atoms with E-state index in [1.807, 2.05) is 6.07 Å². The molecule has 88 valence electrons. The van der Waals surface area contributed by atoms with Gasteiger partial charge in [-0.1, -0.05) is 31.5 Å². The van der Waals surface area contributed by atoms with Gasteiger partial charge in [-0.15, -0.1) is 0 Å². The minimum atomic E-state index is 0.551. The molecule has 0 spiro atoms. The van der Waals surface area contributed by atoms with Crippen LogP contribution in [0.15, 0.2) is 24.3 Å². The Morgan fingerprint density at radius 1 is 1.31 bits per heavy atom. The molecule has 1 heterocycles. The highest BCUT2D eigenvalue weighted by atomic mass is 16.5. The summed E-state index contributed by atoms with van der Waals surface area (Å²) < 4.78 is 5.46. The van der Waals surface area contributed by atoms with E-state index >= 15 is 0 Å². The molecule has 1 aromatic rings. The fourth-order valence-electron chi connectivity index (χ4n) is 2.66. The molecule has 2 nitrogen and oxygen atoms in total. The van der Waals surface area contributed by atoms with Gasteiger partial charge in [0.05, 0.1) is 7.11 Å². The quantitative estimate of drug-likeness (QED) is 0.773. The third-order valence-electron chi connectivity index (χ3n) is 3.52. The molecule has 2 rings (SSSR count). The number of nitrogens with zero attached hydrogens (tertiary/aromatic N) is 1. The normalized spacial score (nSPS) is 22.0. The number of para-hydroxylation sites is 1. The largest absolute Gasteiger partial charge is 0.496 e. The van der Waals surface area contributed by atoms with Gasteiger partial charge in [0.15, 0.2) is 0 Å². The molecule has 0 bridgehead atoms. The Labute approximate surface area is 98.2 Å². The van der Waals surface area contributed by atoms with Crippen molar-refractivity contribution in [3.63, 3.8) is 0 Å². The maximum Gasteiger partial charge on any atom is 0.123 e. The van der Waals surface area contributed by atoms with Crippen molar-refractivity contribution in [1.29, 1.82) is 0 Å². The first-order valence-corrected chi connectivity index (χ1v) is 6.23. The maximum atomic E-state index is 5.46. The highest BCUT2D eigenvalue weighted by molar-refractivity contribution is 5.36. The Balaban J connectivity index is 2.26. The first-order chi connectivity index (χ1) is 7.86. The van der Waals surface area contributed by atoms with Crippen LogP contribution in [0.2, 0.25) is 0 Å². The second kappa shape index (κ2) is 5.35. The highest BCUT2D eigenvalue weighted by Gasteiger charge is 2.24. The van der Waals surface area contributed by atoms with Crippen molar-refractivity contribution in [1.82, 2.24) is 4.90 Å². The lowest BCUT2D eigenvalue weighted by Gasteiger charge is -2.35. The van der Waals surface area contributed by atoms with Crippen LogP contribution in [0.3, 0.4) is 0 Å². The number of likely N-dealkylation sites (tertiary alicyclic amines) is 1. The van der Waals surface area contributed by atoms with Crippen LogP contribution in [-0.4, -0.2) is 25.1 Å². The topological polar surface area (TPSA) is 12.5 Å². The predicted molar refractivity (Wildman–Crippen MR) is 66.8 cm³/mol. The summed E-state index contributed by atoms with van der Waals surface area (Å²) >= 11 is 0. The van der Waals surface area contributed by atoms with Gasteiger partial charge in [-0.05, 0) is 32.0 Å². The van der Waals surface area contributed by atoms with E-state index in [4.69, 9.17) is 4.74 Å². The molecule has 1 atom stereocenters. The van der Waals surface area contributed by atoms with Crippen molar-refractivity contribution in [3.8, 4) is 5.75 Å². The molecule has 2 heteroatoms. The Hall–Kier alpha value is -1.02. The molecular weight excluding hydrogens is 198 g/mol. The summed E-state index contributed by atoms with van der Waals surface area (Å²) in [7, 11) is 1.76. The lowest BCUT2D eigenvalue weighted by molar-refractivity contribution is 0.154. The van der Waals surface area contributed by atoms with E-state index in [1.54, 1.807) is 7.11 Å². The lowest BCUT2D eigenvalue weighted by Crippen LogP contribution is -2.33. The number of hydrogen-bond acceptors (Lipinski definition) is 2. The average molecular weight is 219 g/mol. The van der Waals surface area contributed by atoms with Crippen LogP contribution in [0, 0.1) is 0 Å². The van der Waals surface area contributed by atoms with Crippen molar-refractivity contribution >= 4 is 0 Å². The molecule has 1 aliphatic rings. The maximum absolute atomic E-state index is 5.46. The van der Waals surface area contributed by atoms with Crippen molar-refractivity contribution in [2.75, 3.05) is 20.2 Å². The molecule has 1 aliphatic heterocycles. The summed E-state index contributed by atoms with van der Waals surface area (Å²) in [5, 5.41) is 0. The molecule has 1 unspecified atom stereocenters. The number of methoxy groups -OCH3 is 1. The molecule has 0 saturated carbocycles. The average Bonchev–Trinajstić information content (AvgIpc) is 2.38. The fraction of sp³-hybridized carbons (Fsp3) is 0.571. The van der Waals surface area contributed by atoms with E-state index in [2.05, 4.69) is 30.0 Å². The van der Waals surface area contributed by atoms with Gasteiger partial charge >= 0.3 is 0 Å². The van der Waals surface area contributed by atoms with E-state index < -0.39 is 0 Å². The summed E-state index contributed by atoms with van der Waals surface area (Å²) in [4.78, 5) is 2.56. The molecule has 16 heavy (non-hydrogen) atoms. The zero-order chi connectivity index (χ0) is 11.4. The first kappa shape index (κ1) is 11.5. The van der Waals surface area contributed by atoms with Crippen LogP contribution in [0.5, 0.6) is 5.75 Å². The Morgan fingerprint density at radius 3 is 2.88 bits per heavy atom. The molecule has 0 radical (unpaired) electrons. The van der Waals surface area contributed by atoms with E-state index in [9.17, 15) is 0 Å². The summed E-state index contributed by atoms with van der Waals surface area (Å²) in [6.07, 6.45) is 3.92. The molecular formula is C14H21NO. The van der Waals surface area contributed by atoms with Crippen LogP contribution < -0.4 is 4.74 Å². The molecule has 1 saturated heterocycles. The van der Waals surface area contributed by atoms with Crippen LogP contribution in [-0.2, 0) is 0 Å². The van der Waals surface area contributed by atoms with Gasteiger partial charge in [-0.25, -0.2) is 0 Å². The number of hydrogen-bond donors (Lipinski definition) is 0. The Morgan fingerprint density at radius 2 is 2.12 bits per heavy atom. The predicted octanol–water partition coefficient (Wildman–Crippen LogP) is 3.24. The number of rotatable bonds is 3. The molecule has 0 aromatic heterocycles. The second-order valence-corrected chi connectivity index (χ2v) is 4.38. The molecule has 0 N–H and O–H groups in total. The lowest BCUT2D eigenvalue weighted by atomic mass is 9.94. The molecule has 1 fully saturated rings. The Kier molecular flexibility index (Phi) is 3.83. The number of piperidine rings is 1. The minimum absolute atomic E-state index is 0.551. The van der Waals surface area contributed by atoms with Gasteiger partial charge < -0.3 is 4.74 Å². The SMILES string of the molecule is CCN1CCCCC1c1ccccc1OC. The second-order valence-electron chi connectivity index (χ2n) is 4.38. The number of ether oxygens (including phenoxy) is 1. The third-order valence-corrected chi connectivity index (χ3v) is 3.52. The zero-order valence-corrected chi connectivity index (χ0v) is 10.3. The number of benzene rings is 1. The molecule has 0 amide bonds. The van der Waals surface area contributed by atoms with Gasteiger partial charge in [0.25, 0.3) is 0 Å². The van der Waals surface area contributed by atoms with Gasteiger partial charge in [-0.2, -0.15) is 0 Å². The van der Waals surface area contributed by atoms with Crippen molar-refractivity contribution in [2.24, 2.45) is 0 Å². The van der Waals surface area contributed by atoms with Gasteiger partial charge in [0.1, 0.15) is 5.75 Å². The monoisotopic (exact) mass is 219 g/mol. The molecule has 0 aliphatic carbocycles. The summed E-state index contributed by atoms with van der Waals surface area (Å²) in [6.45, 7) is 4.59. The van der Waals surface area contributed by atoms with E-state index in [1.165, 1.54) is 31.4 Å². The summed E-state index contributed by atoms with van der Waals surface area (Å²) in [5.41, 5.74) is 1.35. The van der Waals surface area contributed by atoms with Crippen LogP contribution >= 0.6 is 0 Å². The fourth-order valence-corrected chi connectivity index (χ4v) is 2.66. The summed E-state index contributed by atoms with van der Waals surface area (Å²) in [6, 6.07) is 8.98. The first-order valence-electron chi connectivity index (χ1n) is 6.23. The minimum Gasteiger partial charge on any atom is -0.496 e. The van der Waals surface area contributed by atoms with E-state index in [-0.39, 0.29) is 0 Å². The zero-order valence-electron chi connectivity index (χ0n) is 10.3. The van der Waals surface area contributed by atoms with Crippen molar-refractivity contribution < 1.29 is 4.74 Å². The van der Waals surface area contributed by atoms with Gasteiger partial charge in [0, 0.05) is 11.6 Å². The standard InChI is InChI=1S/C14H21NO/c1-3-15-11-7-6-9-13(15)12-8-4-5-10-14(12)16-2/h4-5,8,10,13H,3,6-7,9,11H2,1-2H3. The highest BCUT2D eigenvalue weighted by Crippen LogP contribution is 2.35.